The van der Waals surface area contributed by atoms with E-state index >= 15 is 0 Å². The number of carbonyl (C=O) groups excluding carboxylic acids is 2. The molecule has 34 heavy (non-hydrogen) atoms. The van der Waals surface area contributed by atoms with Crippen molar-refractivity contribution in [1.29, 1.82) is 0 Å². The first-order valence-electron chi connectivity index (χ1n) is 10.5. The van der Waals surface area contributed by atoms with E-state index in [1.54, 1.807) is 29.9 Å². The molecule has 0 radical (unpaired) electrons. The number of nitrogens with one attached hydrogen (secondary N) is 2. The molecule has 0 aliphatic carbocycles. The number of urea groups is 1. The molecule has 0 fully saturated rings. The van der Waals surface area contributed by atoms with E-state index in [0.29, 0.717) is 33.3 Å². The second-order valence-electron chi connectivity index (χ2n) is 7.52. The number of rotatable bonds is 7. The van der Waals surface area contributed by atoms with E-state index in [1.165, 1.54) is 13.2 Å². The van der Waals surface area contributed by atoms with Crippen LogP contribution in [0.2, 0.25) is 5.02 Å². The summed E-state index contributed by atoms with van der Waals surface area (Å²) < 4.78 is 12.3. The standard InChI is InChI=1S/C25H23ClN4O4/c1-4-12-34-24(31)21-15(2)27-25(32)28-23(21)18-14-30(17-8-6-5-7-9-17)29-22(18)16-10-11-20(33-3)19(26)13-16/h4-11,13-14,23H,1,12H2,2-3H3,(H2,27,28,32)/t23-/m1/s1. The van der Waals surface area contributed by atoms with Gasteiger partial charge in [-0.2, -0.15) is 5.10 Å². The lowest BCUT2D eigenvalue weighted by Crippen LogP contribution is -2.45. The van der Waals surface area contributed by atoms with Crippen molar-refractivity contribution >= 4 is 23.6 Å². The van der Waals surface area contributed by atoms with E-state index in [4.69, 9.17) is 26.2 Å². The highest BCUT2D eigenvalue weighted by Crippen LogP contribution is 2.37. The lowest BCUT2D eigenvalue weighted by Gasteiger charge is -2.27. The average molecular weight is 479 g/mol. The highest BCUT2D eigenvalue weighted by Gasteiger charge is 2.35. The van der Waals surface area contributed by atoms with Crippen molar-refractivity contribution in [2.45, 2.75) is 13.0 Å². The first-order valence-corrected chi connectivity index (χ1v) is 10.9. The number of methoxy groups -OCH3 is 1. The number of para-hydroxylation sites is 1. The molecule has 0 saturated heterocycles. The summed E-state index contributed by atoms with van der Waals surface area (Å²) in [6.07, 6.45) is 3.27. The van der Waals surface area contributed by atoms with Crippen LogP contribution in [0, 0.1) is 0 Å². The van der Waals surface area contributed by atoms with Gasteiger partial charge in [0.15, 0.2) is 0 Å². The lowest BCUT2D eigenvalue weighted by atomic mass is 9.93. The van der Waals surface area contributed by atoms with Crippen LogP contribution in [-0.2, 0) is 9.53 Å². The number of hydrogen-bond acceptors (Lipinski definition) is 5. The fourth-order valence-corrected chi connectivity index (χ4v) is 4.02. The van der Waals surface area contributed by atoms with Crippen LogP contribution in [0.15, 0.2) is 78.7 Å². The summed E-state index contributed by atoms with van der Waals surface area (Å²) in [7, 11) is 1.54. The van der Waals surface area contributed by atoms with E-state index < -0.39 is 18.0 Å². The summed E-state index contributed by atoms with van der Waals surface area (Å²) in [6.45, 7) is 5.28. The molecule has 0 saturated carbocycles. The van der Waals surface area contributed by atoms with Crippen LogP contribution in [0.3, 0.4) is 0 Å². The predicted molar refractivity (Wildman–Crippen MR) is 129 cm³/mol. The van der Waals surface area contributed by atoms with Crippen LogP contribution in [0.25, 0.3) is 16.9 Å². The molecule has 2 heterocycles. The third-order valence-electron chi connectivity index (χ3n) is 5.32. The van der Waals surface area contributed by atoms with Crippen LogP contribution >= 0.6 is 11.6 Å². The molecule has 1 atom stereocenters. The van der Waals surface area contributed by atoms with Crippen LogP contribution in [0.5, 0.6) is 5.75 Å². The quantitative estimate of drug-likeness (QED) is 0.383. The van der Waals surface area contributed by atoms with Crippen molar-refractivity contribution in [3.05, 3.63) is 89.2 Å². The molecule has 174 valence electrons. The molecule has 8 nitrogen and oxygen atoms in total. The Bertz CT molecular complexity index is 1280. The number of allylic oxidation sites excluding steroid dienone is 1. The molecule has 0 bridgehead atoms. The number of esters is 1. The van der Waals surface area contributed by atoms with Gasteiger partial charge in [-0.3, -0.25) is 0 Å². The van der Waals surface area contributed by atoms with Crippen molar-refractivity contribution in [1.82, 2.24) is 20.4 Å². The number of halogens is 1. The maximum absolute atomic E-state index is 12.9. The molecule has 1 aliphatic rings. The summed E-state index contributed by atoms with van der Waals surface area (Å²) >= 11 is 6.39. The SMILES string of the molecule is C=CCOC(=O)C1=C(C)NC(=O)N[C@@H]1c1cn(-c2ccccc2)nc1-c1ccc(OC)c(Cl)c1. The molecular weight excluding hydrogens is 456 g/mol. The number of benzene rings is 2. The Morgan fingerprint density at radius 1 is 1.26 bits per heavy atom. The topological polar surface area (TPSA) is 94.5 Å². The van der Waals surface area contributed by atoms with Crippen molar-refractivity contribution in [3.8, 4) is 22.7 Å². The number of amides is 2. The van der Waals surface area contributed by atoms with Crippen molar-refractivity contribution < 1.29 is 19.1 Å². The number of carbonyl (C=O) groups is 2. The zero-order valence-electron chi connectivity index (χ0n) is 18.7. The van der Waals surface area contributed by atoms with Crippen LogP contribution in [0.4, 0.5) is 4.79 Å². The summed E-state index contributed by atoms with van der Waals surface area (Å²) in [5.41, 5.74) is 3.32. The molecule has 4 rings (SSSR count). The lowest BCUT2D eigenvalue weighted by molar-refractivity contribution is -0.138. The monoisotopic (exact) mass is 478 g/mol. The largest absolute Gasteiger partial charge is 0.495 e. The van der Waals surface area contributed by atoms with Crippen LogP contribution in [-0.4, -0.2) is 35.5 Å². The van der Waals surface area contributed by atoms with Crippen molar-refractivity contribution in [3.63, 3.8) is 0 Å². The average Bonchev–Trinajstić information content (AvgIpc) is 3.28. The van der Waals surface area contributed by atoms with Gasteiger partial charge in [0.25, 0.3) is 0 Å². The second-order valence-corrected chi connectivity index (χ2v) is 7.93. The minimum atomic E-state index is -0.806. The first-order chi connectivity index (χ1) is 16.4. The van der Waals surface area contributed by atoms with Crippen molar-refractivity contribution in [2.24, 2.45) is 0 Å². The van der Waals surface area contributed by atoms with Gasteiger partial charge < -0.3 is 20.1 Å². The Hall–Kier alpha value is -4.04. The Kier molecular flexibility index (Phi) is 6.70. The predicted octanol–water partition coefficient (Wildman–Crippen LogP) is 4.56. The molecular formula is C25H23ClN4O4. The summed E-state index contributed by atoms with van der Waals surface area (Å²) in [5, 5.41) is 10.7. The molecule has 0 unspecified atom stereocenters. The van der Waals surface area contributed by atoms with Gasteiger partial charge in [0, 0.05) is 23.0 Å². The number of aromatic nitrogens is 2. The Labute approximate surface area is 201 Å². The van der Waals surface area contributed by atoms with Gasteiger partial charge >= 0.3 is 12.0 Å². The number of hydrogen-bond donors (Lipinski definition) is 2. The molecule has 1 aliphatic heterocycles. The summed E-state index contributed by atoms with van der Waals surface area (Å²) in [6, 6.07) is 13.6. The van der Waals surface area contributed by atoms with Gasteiger partial charge in [-0.15, -0.1) is 0 Å². The number of nitrogens with zero attached hydrogens (tertiary/aromatic N) is 2. The zero-order valence-corrected chi connectivity index (χ0v) is 19.4. The highest BCUT2D eigenvalue weighted by atomic mass is 35.5. The van der Waals surface area contributed by atoms with Gasteiger partial charge in [0.1, 0.15) is 12.4 Å². The van der Waals surface area contributed by atoms with Crippen LogP contribution < -0.4 is 15.4 Å². The van der Waals surface area contributed by atoms with E-state index in [2.05, 4.69) is 17.2 Å². The molecule has 0 spiro atoms. The molecule has 2 aromatic carbocycles. The minimum Gasteiger partial charge on any atom is -0.495 e. The summed E-state index contributed by atoms with van der Waals surface area (Å²) in [4.78, 5) is 25.3. The van der Waals surface area contributed by atoms with Gasteiger partial charge in [-0.1, -0.05) is 42.5 Å². The van der Waals surface area contributed by atoms with E-state index in [1.807, 2.05) is 36.4 Å². The Morgan fingerprint density at radius 3 is 2.71 bits per heavy atom. The van der Waals surface area contributed by atoms with Gasteiger partial charge in [-0.05, 0) is 37.3 Å². The molecule has 3 aromatic rings. The van der Waals surface area contributed by atoms with E-state index in [0.717, 1.165) is 5.69 Å². The zero-order chi connectivity index (χ0) is 24.2. The third kappa shape index (κ3) is 4.53. The van der Waals surface area contributed by atoms with Gasteiger partial charge in [0.05, 0.1) is 35.1 Å². The normalized spacial score (nSPS) is 15.4. The fourth-order valence-electron chi connectivity index (χ4n) is 3.76. The van der Waals surface area contributed by atoms with Crippen molar-refractivity contribution in [2.75, 3.05) is 13.7 Å². The maximum atomic E-state index is 12.9. The van der Waals surface area contributed by atoms with Crippen LogP contribution in [0.1, 0.15) is 18.5 Å². The second kappa shape index (κ2) is 9.84. The Balaban J connectivity index is 1.89. The third-order valence-corrected chi connectivity index (χ3v) is 5.62. The fraction of sp³-hybridized carbons (Fsp3) is 0.160. The minimum absolute atomic E-state index is 0.0422. The maximum Gasteiger partial charge on any atom is 0.338 e. The Morgan fingerprint density at radius 2 is 2.03 bits per heavy atom. The first kappa shape index (κ1) is 23.1. The highest BCUT2D eigenvalue weighted by molar-refractivity contribution is 6.32. The molecule has 2 amide bonds. The number of ether oxygens (including phenoxy) is 2. The van der Waals surface area contributed by atoms with Gasteiger partial charge in [-0.25, -0.2) is 14.3 Å². The molecule has 9 heteroatoms. The van der Waals surface area contributed by atoms with E-state index in [9.17, 15) is 9.59 Å². The van der Waals surface area contributed by atoms with E-state index in [-0.39, 0.29) is 12.2 Å². The summed E-state index contributed by atoms with van der Waals surface area (Å²) in [5.74, 6) is -0.0462. The molecule has 2 N–H and O–H groups in total. The smallest absolute Gasteiger partial charge is 0.338 e. The molecule has 1 aromatic heterocycles. The van der Waals surface area contributed by atoms with Gasteiger partial charge in [0.2, 0.25) is 0 Å².